The molecular weight excluding hydrogens is 380 g/mol. The van der Waals surface area contributed by atoms with Gasteiger partial charge in [-0.3, -0.25) is 19.4 Å². The summed E-state index contributed by atoms with van der Waals surface area (Å²) in [7, 11) is 0. The molecule has 144 valence electrons. The first-order chi connectivity index (χ1) is 12.8. The van der Waals surface area contributed by atoms with Gasteiger partial charge in [-0.25, -0.2) is 13.8 Å². The van der Waals surface area contributed by atoms with Gasteiger partial charge in [-0.15, -0.1) is 0 Å². The van der Waals surface area contributed by atoms with E-state index in [-0.39, 0.29) is 33.9 Å². The third-order valence-electron chi connectivity index (χ3n) is 3.26. The predicted octanol–water partition coefficient (Wildman–Crippen LogP) is 1.50. The molecule has 2 aromatic rings. The molecule has 0 saturated heterocycles. The Bertz CT molecular complexity index is 919. The highest BCUT2D eigenvalue weighted by atomic mass is 32.2. The lowest BCUT2D eigenvalue weighted by molar-refractivity contribution is -0.118. The molecule has 0 fully saturated rings. The molecule has 0 unspecified atom stereocenters. The lowest BCUT2D eigenvalue weighted by Crippen LogP contribution is -2.26. The van der Waals surface area contributed by atoms with E-state index in [2.05, 4.69) is 20.6 Å². The van der Waals surface area contributed by atoms with Crippen molar-refractivity contribution in [1.29, 1.82) is 0 Å². The van der Waals surface area contributed by atoms with E-state index in [1.807, 2.05) is 6.92 Å². The summed E-state index contributed by atoms with van der Waals surface area (Å²) >= 11 is 0.972. The van der Waals surface area contributed by atoms with Crippen LogP contribution in [0.25, 0.3) is 0 Å². The van der Waals surface area contributed by atoms with Gasteiger partial charge in [0.05, 0.1) is 5.75 Å². The van der Waals surface area contributed by atoms with E-state index < -0.39 is 23.1 Å². The SMILES string of the molecule is CCCNC(=O)CSc1nc(N)c(NC(=O)c2ccc(F)c(F)c2)c(=O)[nH]1. The first-order valence-corrected chi connectivity index (χ1v) is 8.86. The number of hydrogen-bond donors (Lipinski definition) is 4. The largest absolute Gasteiger partial charge is 0.382 e. The van der Waals surface area contributed by atoms with Gasteiger partial charge in [-0.1, -0.05) is 18.7 Å². The van der Waals surface area contributed by atoms with E-state index in [1.54, 1.807) is 0 Å². The molecule has 1 heterocycles. The summed E-state index contributed by atoms with van der Waals surface area (Å²) in [5, 5.41) is 4.99. The summed E-state index contributed by atoms with van der Waals surface area (Å²) in [5.74, 6) is -3.62. The molecule has 0 bridgehead atoms. The third kappa shape index (κ3) is 5.51. The quantitative estimate of drug-likeness (QED) is 0.414. The number of nitrogens with zero attached hydrogens (tertiary/aromatic N) is 1. The van der Waals surface area contributed by atoms with Crippen molar-refractivity contribution in [1.82, 2.24) is 15.3 Å². The summed E-state index contributed by atoms with van der Waals surface area (Å²) in [6.07, 6.45) is 0.796. The lowest BCUT2D eigenvalue weighted by atomic mass is 10.2. The van der Waals surface area contributed by atoms with E-state index in [4.69, 9.17) is 5.73 Å². The number of rotatable bonds is 7. The smallest absolute Gasteiger partial charge is 0.277 e. The second kappa shape index (κ2) is 9.12. The maximum Gasteiger partial charge on any atom is 0.277 e. The summed E-state index contributed by atoms with van der Waals surface area (Å²) < 4.78 is 26.2. The van der Waals surface area contributed by atoms with Crippen LogP contribution in [-0.2, 0) is 4.79 Å². The third-order valence-corrected chi connectivity index (χ3v) is 4.13. The molecule has 2 amide bonds. The fraction of sp³-hybridized carbons (Fsp3) is 0.250. The predicted molar refractivity (Wildman–Crippen MR) is 97.6 cm³/mol. The lowest BCUT2D eigenvalue weighted by Gasteiger charge is -2.09. The van der Waals surface area contributed by atoms with Crippen LogP contribution in [-0.4, -0.2) is 34.1 Å². The molecule has 5 N–H and O–H groups in total. The van der Waals surface area contributed by atoms with Crippen LogP contribution in [0.2, 0.25) is 0 Å². The zero-order chi connectivity index (χ0) is 20.0. The van der Waals surface area contributed by atoms with Gasteiger partial charge in [-0.2, -0.15) is 0 Å². The monoisotopic (exact) mass is 397 g/mol. The number of anilines is 2. The molecule has 0 radical (unpaired) electrons. The number of aromatic nitrogens is 2. The van der Waals surface area contributed by atoms with Crippen LogP contribution in [0.5, 0.6) is 0 Å². The zero-order valence-corrected chi connectivity index (χ0v) is 15.1. The molecule has 0 aliphatic carbocycles. The Labute approximate surface area is 156 Å². The second-order valence-electron chi connectivity index (χ2n) is 5.35. The number of aromatic amines is 1. The molecule has 8 nitrogen and oxygen atoms in total. The van der Waals surface area contributed by atoms with Gasteiger partial charge in [0.15, 0.2) is 22.6 Å². The Morgan fingerprint density at radius 1 is 1.30 bits per heavy atom. The van der Waals surface area contributed by atoms with Crippen molar-refractivity contribution in [3.05, 3.63) is 45.8 Å². The Kier molecular flexibility index (Phi) is 6.88. The molecule has 1 aromatic heterocycles. The van der Waals surface area contributed by atoms with E-state index in [1.165, 1.54) is 0 Å². The Morgan fingerprint density at radius 3 is 2.67 bits per heavy atom. The molecule has 0 atom stereocenters. The minimum atomic E-state index is -1.20. The van der Waals surface area contributed by atoms with Gasteiger partial charge < -0.3 is 16.4 Å². The molecular formula is C16H17F2N5O3S. The number of carbonyl (C=O) groups is 2. The normalized spacial score (nSPS) is 10.5. The van der Waals surface area contributed by atoms with Crippen molar-refractivity contribution in [2.24, 2.45) is 0 Å². The number of nitrogens with two attached hydrogens (primary N) is 1. The van der Waals surface area contributed by atoms with Gasteiger partial charge in [0.1, 0.15) is 5.69 Å². The Hall–Kier alpha value is -2.95. The number of nitrogens with one attached hydrogen (secondary N) is 3. The van der Waals surface area contributed by atoms with Crippen molar-refractivity contribution in [2.75, 3.05) is 23.3 Å². The Morgan fingerprint density at radius 2 is 2.04 bits per heavy atom. The molecule has 0 saturated carbocycles. The number of halogens is 2. The van der Waals surface area contributed by atoms with Crippen molar-refractivity contribution in [2.45, 2.75) is 18.5 Å². The molecule has 0 aliphatic heterocycles. The van der Waals surface area contributed by atoms with Gasteiger partial charge in [0.25, 0.3) is 11.5 Å². The first-order valence-electron chi connectivity index (χ1n) is 7.87. The molecule has 27 heavy (non-hydrogen) atoms. The van der Waals surface area contributed by atoms with Crippen LogP contribution in [0.15, 0.2) is 28.2 Å². The summed E-state index contributed by atoms with van der Waals surface area (Å²) in [6, 6.07) is 2.55. The minimum Gasteiger partial charge on any atom is -0.382 e. The number of carbonyl (C=O) groups excluding carboxylic acids is 2. The van der Waals surface area contributed by atoms with Crippen LogP contribution >= 0.6 is 11.8 Å². The minimum absolute atomic E-state index is 0.0307. The number of amides is 2. The summed E-state index contributed by atoms with van der Waals surface area (Å²) in [4.78, 5) is 42.1. The molecule has 2 rings (SSSR count). The highest BCUT2D eigenvalue weighted by Gasteiger charge is 2.16. The van der Waals surface area contributed by atoms with Crippen molar-refractivity contribution < 1.29 is 18.4 Å². The van der Waals surface area contributed by atoms with Gasteiger partial charge in [-0.05, 0) is 24.6 Å². The van der Waals surface area contributed by atoms with E-state index >= 15 is 0 Å². The average Bonchev–Trinajstić information content (AvgIpc) is 2.63. The van der Waals surface area contributed by atoms with Gasteiger partial charge in [0.2, 0.25) is 5.91 Å². The van der Waals surface area contributed by atoms with E-state index in [0.717, 1.165) is 30.3 Å². The number of benzene rings is 1. The van der Waals surface area contributed by atoms with Crippen molar-refractivity contribution >= 4 is 35.1 Å². The van der Waals surface area contributed by atoms with Crippen LogP contribution in [0.3, 0.4) is 0 Å². The highest BCUT2D eigenvalue weighted by molar-refractivity contribution is 7.99. The second-order valence-corrected chi connectivity index (χ2v) is 6.32. The molecule has 11 heteroatoms. The van der Waals surface area contributed by atoms with Gasteiger partial charge >= 0.3 is 0 Å². The van der Waals surface area contributed by atoms with Crippen LogP contribution in [0, 0.1) is 11.6 Å². The standard InChI is InChI=1S/C16H17F2N5O3S/c1-2-5-20-11(24)7-27-16-22-13(19)12(15(26)23-16)21-14(25)8-3-4-9(17)10(18)6-8/h3-4,6H,2,5,7H2,1H3,(H,20,24)(H,21,25)(H3,19,22,23,26). The zero-order valence-electron chi connectivity index (χ0n) is 14.3. The number of nitrogen functional groups attached to an aromatic ring is 1. The van der Waals surface area contributed by atoms with Crippen molar-refractivity contribution in [3.8, 4) is 0 Å². The Balaban J connectivity index is 2.10. The van der Waals surface area contributed by atoms with Crippen molar-refractivity contribution in [3.63, 3.8) is 0 Å². The number of H-pyrrole nitrogens is 1. The van der Waals surface area contributed by atoms with Gasteiger partial charge in [0, 0.05) is 12.1 Å². The highest BCUT2D eigenvalue weighted by Crippen LogP contribution is 2.17. The molecule has 0 spiro atoms. The molecule has 0 aliphatic rings. The van der Waals surface area contributed by atoms with Crippen LogP contribution in [0.4, 0.5) is 20.3 Å². The van der Waals surface area contributed by atoms with E-state index in [9.17, 15) is 23.2 Å². The first kappa shape index (κ1) is 20.4. The van der Waals surface area contributed by atoms with Crippen LogP contribution in [0.1, 0.15) is 23.7 Å². The summed E-state index contributed by atoms with van der Waals surface area (Å²) in [6.45, 7) is 2.46. The van der Waals surface area contributed by atoms with E-state index in [0.29, 0.717) is 12.6 Å². The van der Waals surface area contributed by atoms with Crippen LogP contribution < -0.4 is 21.9 Å². The fourth-order valence-corrected chi connectivity index (χ4v) is 2.63. The maximum absolute atomic E-state index is 13.2. The number of hydrogen-bond acceptors (Lipinski definition) is 6. The average molecular weight is 397 g/mol. The summed E-state index contributed by atoms with van der Waals surface area (Å²) in [5.41, 5.74) is 4.43. The fourth-order valence-electron chi connectivity index (χ4n) is 1.93. The number of thioether (sulfide) groups is 1. The maximum atomic E-state index is 13.2. The topological polar surface area (TPSA) is 130 Å². The molecule has 1 aromatic carbocycles.